The van der Waals surface area contributed by atoms with Gasteiger partial charge in [0.05, 0.1) is 11.5 Å². The summed E-state index contributed by atoms with van der Waals surface area (Å²) in [5.74, 6) is -0.521. The Kier molecular flexibility index (Phi) is 4.89. The Morgan fingerprint density at radius 1 is 1.27 bits per heavy atom. The summed E-state index contributed by atoms with van der Waals surface area (Å²) >= 11 is 0. The van der Waals surface area contributed by atoms with Crippen LogP contribution in [-0.4, -0.2) is 22.3 Å². The highest BCUT2D eigenvalue weighted by atomic mass is 16.2. The largest absolute Gasteiger partial charge is 0.342 e. The topological polar surface area (TPSA) is 71.1 Å². The van der Waals surface area contributed by atoms with E-state index in [-0.39, 0.29) is 23.4 Å². The molecule has 1 aliphatic carbocycles. The number of amides is 2. The summed E-state index contributed by atoms with van der Waals surface area (Å²) in [6.45, 7) is 7.40. The maximum atomic E-state index is 12.7. The third-order valence-electron chi connectivity index (χ3n) is 4.66. The third kappa shape index (κ3) is 3.82. The smallest absolute Gasteiger partial charge is 0.270 e. The monoisotopic (exact) mass is 349 g/mol. The van der Waals surface area contributed by atoms with Gasteiger partial charge in [0.15, 0.2) is 0 Å². The molecule has 0 bridgehead atoms. The van der Waals surface area contributed by atoms with Gasteiger partial charge in [-0.05, 0) is 49.9 Å². The number of carbonyl (C=O) groups is 2. The van der Waals surface area contributed by atoms with E-state index in [0.717, 1.165) is 18.4 Å². The van der Waals surface area contributed by atoms with Crippen LogP contribution >= 0.6 is 0 Å². The molecule has 1 aliphatic rings. The minimum Gasteiger partial charge on any atom is -0.342 e. The predicted molar refractivity (Wildman–Crippen MR) is 102 cm³/mol. The summed E-state index contributed by atoms with van der Waals surface area (Å²) in [4.78, 5) is 29.1. The standard InChI is InChI=1S/C21H23N3O2/c1-4-21(2,3)24-20(26)18-13-15(11-12-22-18)23-19(25)17-10-9-14-7-5-6-8-16(14)17/h4-8,11-13,17H,1,9-10H2,2-3H3,(H,24,26)(H,22,23,25)/t17-/m0/s1. The number of anilines is 1. The van der Waals surface area contributed by atoms with Gasteiger partial charge < -0.3 is 10.6 Å². The lowest BCUT2D eigenvalue weighted by molar-refractivity contribution is -0.117. The Bertz CT molecular complexity index is 858. The highest BCUT2D eigenvalue weighted by molar-refractivity contribution is 5.98. The molecule has 5 heteroatoms. The van der Waals surface area contributed by atoms with Crippen LogP contribution in [0.15, 0.2) is 55.3 Å². The van der Waals surface area contributed by atoms with Crippen LogP contribution in [0, 0.1) is 0 Å². The fraction of sp³-hybridized carbons (Fsp3) is 0.286. The average Bonchev–Trinajstić information content (AvgIpc) is 3.06. The zero-order valence-electron chi connectivity index (χ0n) is 15.1. The van der Waals surface area contributed by atoms with Crippen molar-refractivity contribution in [1.82, 2.24) is 10.3 Å². The van der Waals surface area contributed by atoms with Crippen LogP contribution in [0.1, 0.15) is 47.8 Å². The SMILES string of the molecule is C=CC(C)(C)NC(=O)c1cc(NC(=O)[C@H]2CCc3ccccc32)ccn1. The van der Waals surface area contributed by atoms with Gasteiger partial charge in [0.1, 0.15) is 5.69 Å². The van der Waals surface area contributed by atoms with Gasteiger partial charge in [-0.25, -0.2) is 0 Å². The zero-order chi connectivity index (χ0) is 18.7. The molecule has 1 atom stereocenters. The number of hydrogen-bond donors (Lipinski definition) is 2. The summed E-state index contributed by atoms with van der Waals surface area (Å²) < 4.78 is 0. The van der Waals surface area contributed by atoms with Gasteiger partial charge in [0.25, 0.3) is 5.91 Å². The van der Waals surface area contributed by atoms with Crippen molar-refractivity contribution in [3.8, 4) is 0 Å². The lowest BCUT2D eigenvalue weighted by atomic mass is 10.0. The molecule has 26 heavy (non-hydrogen) atoms. The van der Waals surface area contributed by atoms with Gasteiger partial charge in [-0.2, -0.15) is 0 Å². The number of nitrogens with one attached hydrogen (secondary N) is 2. The second kappa shape index (κ2) is 7.12. The molecule has 5 nitrogen and oxygen atoms in total. The summed E-state index contributed by atoms with van der Waals surface area (Å²) in [6, 6.07) is 11.3. The molecule has 0 unspecified atom stereocenters. The van der Waals surface area contributed by atoms with Crippen LogP contribution in [0.25, 0.3) is 0 Å². The molecule has 2 N–H and O–H groups in total. The van der Waals surface area contributed by atoms with E-state index in [1.807, 2.05) is 32.0 Å². The molecular weight excluding hydrogens is 326 g/mol. The average molecular weight is 349 g/mol. The molecule has 1 aromatic carbocycles. The van der Waals surface area contributed by atoms with Crippen LogP contribution in [0.5, 0.6) is 0 Å². The van der Waals surface area contributed by atoms with Gasteiger partial charge in [-0.1, -0.05) is 30.3 Å². The van der Waals surface area contributed by atoms with Crippen molar-refractivity contribution >= 4 is 17.5 Å². The first-order chi connectivity index (χ1) is 12.4. The molecule has 0 spiro atoms. The number of pyridine rings is 1. The Morgan fingerprint density at radius 3 is 2.81 bits per heavy atom. The van der Waals surface area contributed by atoms with Crippen molar-refractivity contribution in [2.45, 2.75) is 38.1 Å². The molecule has 134 valence electrons. The van der Waals surface area contributed by atoms with Crippen molar-refractivity contribution in [1.29, 1.82) is 0 Å². The molecule has 2 amide bonds. The van der Waals surface area contributed by atoms with Crippen molar-refractivity contribution in [2.24, 2.45) is 0 Å². The number of aryl methyl sites for hydroxylation is 1. The van der Waals surface area contributed by atoms with E-state index in [0.29, 0.717) is 5.69 Å². The number of hydrogen-bond acceptors (Lipinski definition) is 3. The van der Waals surface area contributed by atoms with E-state index < -0.39 is 5.54 Å². The summed E-state index contributed by atoms with van der Waals surface area (Å²) in [5.41, 5.74) is 2.60. The number of benzene rings is 1. The van der Waals surface area contributed by atoms with Crippen LogP contribution in [0.2, 0.25) is 0 Å². The van der Waals surface area contributed by atoms with Crippen molar-refractivity contribution in [2.75, 3.05) is 5.32 Å². The van der Waals surface area contributed by atoms with Crippen molar-refractivity contribution in [3.05, 3.63) is 72.1 Å². The molecule has 0 aliphatic heterocycles. The minimum absolute atomic E-state index is 0.0565. The van der Waals surface area contributed by atoms with E-state index in [1.165, 1.54) is 11.8 Å². The van der Waals surface area contributed by atoms with Crippen molar-refractivity contribution in [3.63, 3.8) is 0 Å². The van der Waals surface area contributed by atoms with Crippen LogP contribution in [0.3, 0.4) is 0 Å². The maximum Gasteiger partial charge on any atom is 0.270 e. The third-order valence-corrected chi connectivity index (χ3v) is 4.66. The number of aromatic nitrogens is 1. The fourth-order valence-corrected chi connectivity index (χ4v) is 3.10. The summed E-state index contributed by atoms with van der Waals surface area (Å²) in [5, 5.41) is 5.76. The molecule has 3 rings (SSSR count). The Labute approximate surface area is 153 Å². The number of fused-ring (bicyclic) bond motifs is 1. The minimum atomic E-state index is -0.536. The molecule has 0 fully saturated rings. The first-order valence-electron chi connectivity index (χ1n) is 8.70. The summed E-state index contributed by atoms with van der Waals surface area (Å²) in [7, 11) is 0. The van der Waals surface area contributed by atoms with Crippen LogP contribution in [-0.2, 0) is 11.2 Å². The quantitative estimate of drug-likeness (QED) is 0.812. The van der Waals surface area contributed by atoms with Crippen molar-refractivity contribution < 1.29 is 9.59 Å². The predicted octanol–water partition coefficient (Wildman–Crippen LogP) is 3.44. The van der Waals surface area contributed by atoms with Gasteiger partial charge in [0.2, 0.25) is 5.91 Å². The lowest BCUT2D eigenvalue weighted by Gasteiger charge is -2.21. The van der Waals surface area contributed by atoms with E-state index >= 15 is 0 Å². The Hall–Kier alpha value is -2.95. The number of nitrogens with zero attached hydrogens (tertiary/aromatic N) is 1. The Balaban J connectivity index is 1.72. The van der Waals surface area contributed by atoms with E-state index in [4.69, 9.17) is 0 Å². The van der Waals surface area contributed by atoms with Gasteiger partial charge in [0, 0.05) is 11.9 Å². The lowest BCUT2D eigenvalue weighted by Crippen LogP contribution is -2.41. The van der Waals surface area contributed by atoms with E-state index in [1.54, 1.807) is 18.2 Å². The summed E-state index contributed by atoms with van der Waals surface area (Å²) in [6.07, 6.45) is 4.90. The van der Waals surface area contributed by atoms with Gasteiger partial charge >= 0.3 is 0 Å². The normalized spacial score (nSPS) is 15.8. The van der Waals surface area contributed by atoms with Gasteiger partial charge in [-0.15, -0.1) is 6.58 Å². The Morgan fingerprint density at radius 2 is 2.04 bits per heavy atom. The van der Waals surface area contributed by atoms with E-state index in [9.17, 15) is 9.59 Å². The van der Waals surface area contributed by atoms with Crippen LogP contribution in [0.4, 0.5) is 5.69 Å². The molecule has 1 aromatic heterocycles. The fourth-order valence-electron chi connectivity index (χ4n) is 3.10. The highest BCUT2D eigenvalue weighted by Gasteiger charge is 2.28. The molecule has 1 heterocycles. The zero-order valence-corrected chi connectivity index (χ0v) is 15.1. The van der Waals surface area contributed by atoms with Crippen LogP contribution < -0.4 is 10.6 Å². The highest BCUT2D eigenvalue weighted by Crippen LogP contribution is 2.33. The molecular formula is C21H23N3O2. The second-order valence-corrected chi connectivity index (χ2v) is 7.09. The van der Waals surface area contributed by atoms with Gasteiger partial charge in [-0.3, -0.25) is 14.6 Å². The molecule has 0 radical (unpaired) electrons. The maximum absolute atomic E-state index is 12.7. The number of carbonyl (C=O) groups excluding carboxylic acids is 2. The molecule has 2 aromatic rings. The first kappa shape index (κ1) is 17.9. The number of rotatable bonds is 5. The first-order valence-corrected chi connectivity index (χ1v) is 8.70. The van der Waals surface area contributed by atoms with E-state index in [2.05, 4.69) is 28.3 Å². The molecule has 0 saturated carbocycles. The molecule has 0 saturated heterocycles. The second-order valence-electron chi connectivity index (χ2n) is 7.09.